The summed E-state index contributed by atoms with van der Waals surface area (Å²) in [4.78, 5) is 27.8. The summed E-state index contributed by atoms with van der Waals surface area (Å²) in [6.07, 6.45) is 6.19. The first-order valence-electron chi connectivity index (χ1n) is 12.0. The Hall–Kier alpha value is -3.19. The summed E-state index contributed by atoms with van der Waals surface area (Å²) >= 11 is 0. The average Bonchev–Trinajstić information content (AvgIpc) is 3.12. The molecule has 0 saturated carbocycles. The fourth-order valence-corrected chi connectivity index (χ4v) is 4.49. The van der Waals surface area contributed by atoms with Crippen LogP contribution in [0.2, 0.25) is 0 Å². The van der Waals surface area contributed by atoms with Crippen LogP contribution in [0.15, 0.2) is 53.3 Å². The van der Waals surface area contributed by atoms with Crippen LogP contribution in [-0.4, -0.2) is 48.5 Å². The number of hydrogen-bond acceptors (Lipinski definition) is 4. The van der Waals surface area contributed by atoms with Crippen molar-refractivity contribution in [2.24, 2.45) is 0 Å². The van der Waals surface area contributed by atoms with Crippen LogP contribution >= 0.6 is 0 Å². The van der Waals surface area contributed by atoms with Gasteiger partial charge < -0.3 is 15.0 Å². The van der Waals surface area contributed by atoms with Crippen LogP contribution in [0.1, 0.15) is 49.5 Å². The SMILES string of the molecule is CCOc1ccc(-n2nc(C(=O)NCCC[NH+]3CCCCCC3)c3ccccc3c2=O)cc1. The molecule has 7 heteroatoms. The minimum absolute atomic E-state index is 0.253. The molecule has 1 aromatic heterocycles. The van der Waals surface area contributed by atoms with Gasteiger partial charge in [-0.1, -0.05) is 18.2 Å². The maximum Gasteiger partial charge on any atom is 0.279 e. The Morgan fingerprint density at radius 2 is 1.73 bits per heavy atom. The summed E-state index contributed by atoms with van der Waals surface area (Å²) in [6.45, 7) is 6.61. The van der Waals surface area contributed by atoms with Crippen LogP contribution in [0.5, 0.6) is 5.75 Å². The van der Waals surface area contributed by atoms with Gasteiger partial charge in [0, 0.05) is 18.4 Å². The maximum absolute atomic E-state index is 13.1. The number of amides is 1. The lowest BCUT2D eigenvalue weighted by Gasteiger charge is -2.17. The molecule has 3 aromatic rings. The maximum atomic E-state index is 13.1. The highest BCUT2D eigenvalue weighted by atomic mass is 16.5. The summed E-state index contributed by atoms with van der Waals surface area (Å²) in [7, 11) is 0. The highest BCUT2D eigenvalue weighted by molar-refractivity contribution is 6.04. The van der Waals surface area contributed by atoms with Crippen molar-refractivity contribution in [3.63, 3.8) is 0 Å². The second kappa shape index (κ2) is 11.1. The number of nitrogens with zero attached hydrogens (tertiary/aromatic N) is 2. The van der Waals surface area contributed by atoms with Crippen molar-refractivity contribution >= 4 is 16.7 Å². The Kier molecular flexibility index (Phi) is 7.73. The van der Waals surface area contributed by atoms with E-state index in [-0.39, 0.29) is 17.2 Å². The largest absolute Gasteiger partial charge is 0.494 e. The van der Waals surface area contributed by atoms with Gasteiger partial charge in [0.25, 0.3) is 11.5 Å². The fourth-order valence-electron chi connectivity index (χ4n) is 4.49. The predicted octanol–water partition coefficient (Wildman–Crippen LogP) is 2.36. The number of aromatic nitrogens is 2. The summed E-state index contributed by atoms with van der Waals surface area (Å²) in [6, 6.07) is 14.3. The van der Waals surface area contributed by atoms with Crippen LogP contribution in [0, 0.1) is 0 Å². The minimum Gasteiger partial charge on any atom is -0.494 e. The molecule has 0 spiro atoms. The number of likely N-dealkylation sites (tertiary alicyclic amines) is 1. The molecule has 1 saturated heterocycles. The standard InChI is InChI=1S/C26H32N4O3/c1-2-33-21-14-12-20(13-15-21)30-26(32)23-11-6-5-10-22(23)24(28-30)25(31)27-16-9-19-29-17-7-3-4-8-18-29/h5-6,10-15H,2-4,7-9,16-19H2,1H3,(H,27,31)/p+1. The van der Waals surface area contributed by atoms with Crippen LogP contribution < -0.4 is 20.5 Å². The van der Waals surface area contributed by atoms with Crippen molar-refractivity contribution in [2.45, 2.75) is 39.0 Å². The Balaban J connectivity index is 1.53. The molecule has 2 heterocycles. The molecule has 4 rings (SSSR count). The van der Waals surface area contributed by atoms with E-state index in [1.165, 1.54) is 43.5 Å². The molecule has 1 aliphatic rings. The zero-order valence-electron chi connectivity index (χ0n) is 19.3. The summed E-state index contributed by atoms with van der Waals surface area (Å²) in [5.41, 5.74) is 0.602. The van der Waals surface area contributed by atoms with Crippen molar-refractivity contribution in [3.8, 4) is 11.4 Å². The number of carbonyl (C=O) groups excluding carboxylic acids is 1. The lowest BCUT2D eigenvalue weighted by molar-refractivity contribution is -0.899. The second-order valence-corrected chi connectivity index (χ2v) is 8.56. The molecule has 1 aliphatic heterocycles. The molecule has 2 aromatic carbocycles. The molecular formula is C26H33N4O3+. The first kappa shape index (κ1) is 23.0. The van der Waals surface area contributed by atoms with Crippen molar-refractivity contribution in [3.05, 3.63) is 64.6 Å². The zero-order valence-corrected chi connectivity index (χ0v) is 19.3. The Morgan fingerprint density at radius 3 is 2.42 bits per heavy atom. The van der Waals surface area contributed by atoms with Crippen molar-refractivity contribution in [2.75, 3.05) is 32.8 Å². The van der Waals surface area contributed by atoms with E-state index < -0.39 is 0 Å². The van der Waals surface area contributed by atoms with E-state index in [4.69, 9.17) is 4.74 Å². The minimum atomic E-state index is -0.254. The number of carbonyl (C=O) groups is 1. The van der Waals surface area contributed by atoms with E-state index >= 15 is 0 Å². The number of ether oxygens (including phenoxy) is 1. The summed E-state index contributed by atoms with van der Waals surface area (Å²) < 4.78 is 6.79. The molecule has 0 radical (unpaired) electrons. The smallest absolute Gasteiger partial charge is 0.279 e. The lowest BCUT2D eigenvalue weighted by atomic mass is 10.1. The first-order valence-corrected chi connectivity index (χ1v) is 12.0. The van der Waals surface area contributed by atoms with Crippen LogP contribution in [-0.2, 0) is 0 Å². The van der Waals surface area contributed by atoms with Crippen LogP contribution in [0.3, 0.4) is 0 Å². The van der Waals surface area contributed by atoms with Gasteiger partial charge in [-0.05, 0) is 62.9 Å². The third-order valence-corrected chi connectivity index (χ3v) is 6.22. The Bertz CT molecular complexity index is 1130. The van der Waals surface area contributed by atoms with Gasteiger partial charge in [0.15, 0.2) is 5.69 Å². The Morgan fingerprint density at radius 1 is 1.03 bits per heavy atom. The van der Waals surface area contributed by atoms with E-state index in [2.05, 4.69) is 10.4 Å². The van der Waals surface area contributed by atoms with Crippen LogP contribution in [0.25, 0.3) is 16.5 Å². The number of rotatable bonds is 8. The van der Waals surface area contributed by atoms with E-state index in [1.54, 1.807) is 47.4 Å². The van der Waals surface area contributed by atoms with Gasteiger partial charge in [-0.25, -0.2) is 0 Å². The van der Waals surface area contributed by atoms with E-state index in [9.17, 15) is 9.59 Å². The van der Waals surface area contributed by atoms with Crippen molar-refractivity contribution in [1.29, 1.82) is 0 Å². The summed E-state index contributed by atoms with van der Waals surface area (Å²) in [5.74, 6) is 0.469. The monoisotopic (exact) mass is 449 g/mol. The summed E-state index contributed by atoms with van der Waals surface area (Å²) in [5, 5.41) is 8.54. The average molecular weight is 450 g/mol. The molecule has 33 heavy (non-hydrogen) atoms. The van der Waals surface area contributed by atoms with Gasteiger partial charge in [0.2, 0.25) is 0 Å². The topological polar surface area (TPSA) is 77.7 Å². The number of nitrogens with one attached hydrogen (secondary N) is 2. The molecule has 174 valence electrons. The molecule has 2 N–H and O–H groups in total. The van der Waals surface area contributed by atoms with Gasteiger partial charge in [0.1, 0.15) is 5.75 Å². The highest BCUT2D eigenvalue weighted by Crippen LogP contribution is 2.17. The highest BCUT2D eigenvalue weighted by Gasteiger charge is 2.18. The molecule has 1 amide bonds. The van der Waals surface area contributed by atoms with Crippen LogP contribution in [0.4, 0.5) is 0 Å². The van der Waals surface area contributed by atoms with Gasteiger partial charge in [-0.3, -0.25) is 9.59 Å². The zero-order chi connectivity index (χ0) is 23.0. The molecule has 0 unspecified atom stereocenters. The van der Waals surface area contributed by atoms with E-state index in [1.807, 2.05) is 13.0 Å². The predicted molar refractivity (Wildman–Crippen MR) is 129 cm³/mol. The molecule has 0 bridgehead atoms. The van der Waals surface area contributed by atoms with E-state index in [0.29, 0.717) is 29.6 Å². The van der Waals surface area contributed by atoms with Gasteiger partial charge in [-0.2, -0.15) is 9.78 Å². The molecular weight excluding hydrogens is 416 g/mol. The third kappa shape index (κ3) is 5.60. The quantitative estimate of drug-likeness (QED) is 0.518. The molecule has 0 aliphatic carbocycles. The van der Waals surface area contributed by atoms with Gasteiger partial charge >= 0.3 is 0 Å². The molecule has 7 nitrogen and oxygen atoms in total. The molecule has 1 fully saturated rings. The first-order chi connectivity index (χ1) is 16.2. The number of hydrogen-bond donors (Lipinski definition) is 2. The fraction of sp³-hybridized carbons (Fsp3) is 0.423. The normalized spacial score (nSPS) is 14.7. The second-order valence-electron chi connectivity index (χ2n) is 8.56. The number of fused-ring (bicyclic) bond motifs is 1. The Labute approximate surface area is 194 Å². The van der Waals surface area contributed by atoms with Crippen molar-refractivity contribution in [1.82, 2.24) is 15.1 Å². The molecule has 0 atom stereocenters. The van der Waals surface area contributed by atoms with Crippen molar-refractivity contribution < 1.29 is 14.4 Å². The van der Waals surface area contributed by atoms with E-state index in [0.717, 1.165) is 18.7 Å². The van der Waals surface area contributed by atoms with Gasteiger partial charge in [-0.15, -0.1) is 0 Å². The third-order valence-electron chi connectivity index (χ3n) is 6.22. The number of quaternary nitrogens is 1. The number of benzene rings is 2. The lowest BCUT2D eigenvalue weighted by Crippen LogP contribution is -3.11. The van der Waals surface area contributed by atoms with Gasteiger partial charge in [0.05, 0.1) is 37.3 Å².